The van der Waals surface area contributed by atoms with Crippen molar-refractivity contribution in [2.24, 2.45) is 5.92 Å². The topological polar surface area (TPSA) is 85.2 Å². The molecule has 0 aliphatic rings. The number of hydrogen-bond donors (Lipinski definition) is 1. The number of amides is 1. The molecule has 0 aliphatic carbocycles. The molecular weight excluding hydrogens is 568 g/mol. The standard InChI is InChI=1S/C34H31ClN2O4S/c1-23(2)20-31(34(39)42(40,41)28-8-4-3-5-9-28)36-33(38)30-22-37(32-11-7-6-10-29(30)32)21-24-12-14-25(15-13-24)26-16-18-27(35)19-17-26/h3-19,22-23,31H,20-21H2,1-2H3,(H,36,38)/t31-/m0/s1. The van der Waals surface area contributed by atoms with Gasteiger partial charge in [0.2, 0.25) is 9.84 Å². The third-order valence-electron chi connectivity index (χ3n) is 7.13. The average molecular weight is 599 g/mol. The van der Waals surface area contributed by atoms with Crippen molar-refractivity contribution >= 4 is 43.4 Å². The first-order chi connectivity index (χ1) is 20.1. The van der Waals surface area contributed by atoms with Crippen LogP contribution in [0.2, 0.25) is 5.02 Å². The van der Waals surface area contributed by atoms with E-state index >= 15 is 0 Å². The molecular formula is C34H31ClN2O4S. The summed E-state index contributed by atoms with van der Waals surface area (Å²) in [7, 11) is -4.28. The Kier molecular flexibility index (Phi) is 8.61. The predicted molar refractivity (Wildman–Crippen MR) is 167 cm³/mol. The molecule has 1 atom stereocenters. The summed E-state index contributed by atoms with van der Waals surface area (Å²) in [4.78, 5) is 26.9. The molecule has 42 heavy (non-hydrogen) atoms. The van der Waals surface area contributed by atoms with Gasteiger partial charge in [0.25, 0.3) is 11.0 Å². The second-order valence-corrected chi connectivity index (χ2v) is 13.0. The highest BCUT2D eigenvalue weighted by atomic mass is 35.5. The van der Waals surface area contributed by atoms with Crippen LogP contribution in [0.15, 0.2) is 114 Å². The van der Waals surface area contributed by atoms with E-state index in [4.69, 9.17) is 11.6 Å². The molecule has 0 unspecified atom stereocenters. The SMILES string of the molecule is CC(C)C[C@H](NC(=O)c1cn(Cc2ccc(-c3ccc(Cl)cc3)cc2)c2ccccc12)C(=O)S(=O)(=O)c1ccccc1. The van der Waals surface area contributed by atoms with E-state index in [1.807, 2.05) is 91.2 Å². The first kappa shape index (κ1) is 29.3. The minimum Gasteiger partial charge on any atom is -0.342 e. The quantitative estimate of drug-likeness (QED) is 0.195. The molecule has 1 heterocycles. The zero-order chi connectivity index (χ0) is 29.9. The zero-order valence-electron chi connectivity index (χ0n) is 23.3. The highest BCUT2D eigenvalue weighted by Crippen LogP contribution is 2.26. The Hall–Kier alpha value is -4.20. The Morgan fingerprint density at radius 2 is 1.40 bits per heavy atom. The normalized spacial score (nSPS) is 12.4. The van der Waals surface area contributed by atoms with Gasteiger partial charge in [0.15, 0.2) is 0 Å². The van der Waals surface area contributed by atoms with E-state index < -0.39 is 26.9 Å². The molecule has 214 valence electrons. The van der Waals surface area contributed by atoms with Gasteiger partial charge in [-0.2, -0.15) is 0 Å². The summed E-state index contributed by atoms with van der Waals surface area (Å²) < 4.78 is 28.2. The van der Waals surface area contributed by atoms with Crippen LogP contribution < -0.4 is 5.32 Å². The van der Waals surface area contributed by atoms with Crippen molar-refractivity contribution in [1.29, 1.82) is 0 Å². The minimum absolute atomic E-state index is 0.0255. The summed E-state index contributed by atoms with van der Waals surface area (Å²) in [5.74, 6) is -0.521. The fourth-order valence-corrected chi connectivity index (χ4v) is 6.43. The molecule has 0 aliphatic heterocycles. The lowest BCUT2D eigenvalue weighted by Gasteiger charge is -2.19. The van der Waals surface area contributed by atoms with Crippen molar-refractivity contribution in [1.82, 2.24) is 9.88 Å². The van der Waals surface area contributed by atoms with E-state index in [9.17, 15) is 18.0 Å². The Morgan fingerprint density at radius 3 is 2.05 bits per heavy atom. The smallest absolute Gasteiger partial charge is 0.273 e. The van der Waals surface area contributed by atoms with Crippen LogP contribution in [0.1, 0.15) is 36.2 Å². The third-order valence-corrected chi connectivity index (χ3v) is 9.09. The summed E-state index contributed by atoms with van der Waals surface area (Å²) in [6.45, 7) is 4.28. The number of nitrogens with zero attached hydrogens (tertiary/aromatic N) is 1. The fraction of sp³-hybridized carbons (Fsp3) is 0.176. The van der Waals surface area contributed by atoms with Crippen LogP contribution in [-0.2, 0) is 21.2 Å². The molecule has 5 aromatic rings. The number of halogens is 1. The van der Waals surface area contributed by atoms with Crippen molar-refractivity contribution in [3.05, 3.63) is 125 Å². The molecule has 8 heteroatoms. The van der Waals surface area contributed by atoms with Gasteiger partial charge in [0, 0.05) is 28.7 Å². The van der Waals surface area contributed by atoms with Crippen molar-refractivity contribution in [3.8, 4) is 11.1 Å². The number of carbonyl (C=O) groups is 2. The Morgan fingerprint density at radius 1 is 0.810 bits per heavy atom. The van der Waals surface area contributed by atoms with Crippen LogP contribution >= 0.6 is 11.6 Å². The van der Waals surface area contributed by atoms with Crippen LogP contribution in [0.5, 0.6) is 0 Å². The van der Waals surface area contributed by atoms with E-state index in [1.54, 1.807) is 24.4 Å². The molecule has 6 nitrogen and oxygen atoms in total. The first-order valence-electron chi connectivity index (χ1n) is 13.7. The number of rotatable bonds is 9. The lowest BCUT2D eigenvalue weighted by Crippen LogP contribution is -2.44. The van der Waals surface area contributed by atoms with Crippen LogP contribution in [0.3, 0.4) is 0 Å². The largest absolute Gasteiger partial charge is 0.342 e. The van der Waals surface area contributed by atoms with Gasteiger partial charge in [-0.05, 0) is 59.4 Å². The molecule has 1 aromatic heterocycles. The van der Waals surface area contributed by atoms with Gasteiger partial charge in [-0.25, -0.2) is 8.42 Å². The Labute approximate surface area is 250 Å². The fourth-order valence-electron chi connectivity index (χ4n) is 5.02. The van der Waals surface area contributed by atoms with Gasteiger partial charge in [-0.15, -0.1) is 0 Å². The number of aromatic nitrogens is 1. The number of nitrogens with one attached hydrogen (secondary N) is 1. The number of fused-ring (bicyclic) bond motifs is 1. The third kappa shape index (κ3) is 6.32. The summed E-state index contributed by atoms with van der Waals surface area (Å²) in [5.41, 5.74) is 4.41. The summed E-state index contributed by atoms with van der Waals surface area (Å²) >= 11 is 6.02. The minimum atomic E-state index is -4.28. The van der Waals surface area contributed by atoms with E-state index in [-0.39, 0.29) is 17.2 Å². The van der Waals surface area contributed by atoms with Crippen LogP contribution in [0.4, 0.5) is 0 Å². The van der Waals surface area contributed by atoms with Gasteiger partial charge in [-0.1, -0.05) is 98.2 Å². The number of para-hydroxylation sites is 1. The molecule has 0 fully saturated rings. The van der Waals surface area contributed by atoms with Gasteiger partial charge in [0.05, 0.1) is 10.5 Å². The maximum absolute atomic E-state index is 13.6. The van der Waals surface area contributed by atoms with Crippen LogP contribution in [0.25, 0.3) is 22.0 Å². The molecule has 0 radical (unpaired) electrons. The maximum atomic E-state index is 13.6. The summed E-state index contributed by atoms with van der Waals surface area (Å²) in [5, 5.41) is 3.14. The lowest BCUT2D eigenvalue weighted by molar-refractivity contribution is -0.113. The number of benzene rings is 4. The highest BCUT2D eigenvalue weighted by Gasteiger charge is 2.34. The average Bonchev–Trinajstić information content (AvgIpc) is 3.36. The highest BCUT2D eigenvalue weighted by molar-refractivity contribution is 8.06. The van der Waals surface area contributed by atoms with Gasteiger partial charge in [-0.3, -0.25) is 9.59 Å². The Balaban J connectivity index is 1.41. The van der Waals surface area contributed by atoms with E-state index in [1.165, 1.54) is 12.1 Å². The maximum Gasteiger partial charge on any atom is 0.273 e. The van der Waals surface area contributed by atoms with Gasteiger partial charge >= 0.3 is 0 Å². The zero-order valence-corrected chi connectivity index (χ0v) is 24.9. The van der Waals surface area contributed by atoms with Gasteiger partial charge < -0.3 is 9.88 Å². The van der Waals surface area contributed by atoms with Crippen molar-refractivity contribution in [2.45, 2.75) is 37.8 Å². The summed E-state index contributed by atoms with van der Waals surface area (Å²) in [6.07, 6.45) is 1.95. The molecule has 0 saturated heterocycles. The van der Waals surface area contributed by atoms with Crippen molar-refractivity contribution in [2.75, 3.05) is 0 Å². The second kappa shape index (κ2) is 12.3. The van der Waals surface area contributed by atoms with Crippen molar-refractivity contribution < 1.29 is 18.0 Å². The molecule has 0 bridgehead atoms. The number of sulfone groups is 1. The molecule has 5 rings (SSSR count). The van der Waals surface area contributed by atoms with E-state index in [0.29, 0.717) is 17.1 Å². The molecule has 4 aromatic carbocycles. The molecule has 1 amide bonds. The van der Waals surface area contributed by atoms with Crippen LogP contribution in [0, 0.1) is 5.92 Å². The van der Waals surface area contributed by atoms with E-state index in [0.717, 1.165) is 27.6 Å². The first-order valence-corrected chi connectivity index (χ1v) is 15.6. The van der Waals surface area contributed by atoms with Gasteiger partial charge in [0.1, 0.15) is 6.04 Å². The second-order valence-electron chi connectivity index (χ2n) is 10.7. The summed E-state index contributed by atoms with van der Waals surface area (Å²) in [6, 6.07) is 29.8. The molecule has 0 spiro atoms. The molecule has 0 saturated carbocycles. The number of hydrogen-bond acceptors (Lipinski definition) is 4. The monoisotopic (exact) mass is 598 g/mol. The number of carbonyl (C=O) groups excluding carboxylic acids is 2. The lowest BCUT2D eigenvalue weighted by atomic mass is 10.0. The van der Waals surface area contributed by atoms with E-state index in [2.05, 4.69) is 5.32 Å². The molecule has 1 N–H and O–H groups in total. The predicted octanol–water partition coefficient (Wildman–Crippen LogP) is 7.16. The van der Waals surface area contributed by atoms with Crippen molar-refractivity contribution in [3.63, 3.8) is 0 Å². The Bertz CT molecular complexity index is 1830. The van der Waals surface area contributed by atoms with Crippen LogP contribution in [-0.4, -0.2) is 30.0 Å².